The zero-order chi connectivity index (χ0) is 52.6. The van der Waals surface area contributed by atoms with E-state index in [-0.39, 0.29) is 34.5 Å². The first kappa shape index (κ1) is 57.4. The Morgan fingerprint density at radius 1 is 0.639 bits per heavy atom. The topological polar surface area (TPSA) is 102 Å². The number of Topliss-reactive ketones (excluding diaryl/α,β-unsaturated/α-hetero) is 1. The van der Waals surface area contributed by atoms with E-state index in [0.717, 1.165) is 126 Å². The van der Waals surface area contributed by atoms with Crippen LogP contribution in [0.5, 0.6) is 0 Å². The highest BCUT2D eigenvalue weighted by Gasteiger charge is 2.41. The Morgan fingerprint density at radius 3 is 1.69 bits per heavy atom. The molecule has 8 nitrogen and oxygen atoms in total. The van der Waals surface area contributed by atoms with Crippen molar-refractivity contribution < 1.29 is 24.1 Å². The number of aryl methyl sites for hydroxylation is 2. The number of amides is 2. The molecule has 0 radical (unpaired) electrons. The van der Waals surface area contributed by atoms with E-state index in [1.165, 1.54) is 11.1 Å². The molecule has 0 aromatic heterocycles. The van der Waals surface area contributed by atoms with E-state index >= 15 is 0 Å². The fraction of sp³-hybridized carbons (Fsp3) is 0.531. The van der Waals surface area contributed by atoms with Crippen LogP contribution in [0.25, 0.3) is 5.57 Å². The van der Waals surface area contributed by atoms with E-state index in [1.807, 2.05) is 78.0 Å². The molecule has 0 saturated heterocycles. The van der Waals surface area contributed by atoms with Gasteiger partial charge in [0.2, 0.25) is 29.0 Å². The largest absolute Gasteiger partial charge is 0.506 e. The summed E-state index contributed by atoms with van der Waals surface area (Å²) >= 11 is 0. The molecule has 2 amide bonds. The zero-order valence-electron chi connectivity index (χ0n) is 46.5. The molecule has 0 saturated carbocycles. The lowest BCUT2D eigenvalue weighted by atomic mass is 9.78. The van der Waals surface area contributed by atoms with Gasteiger partial charge in [-0.05, 0) is 111 Å². The van der Waals surface area contributed by atoms with Crippen LogP contribution in [0.2, 0.25) is 0 Å². The highest BCUT2D eigenvalue weighted by atomic mass is 16.3. The molecule has 72 heavy (non-hydrogen) atoms. The molecule has 2 aliphatic carbocycles. The number of aliphatic hydroxyl groups is 1. The van der Waals surface area contributed by atoms with Gasteiger partial charge in [-0.2, -0.15) is 4.58 Å². The fourth-order valence-electron chi connectivity index (χ4n) is 9.37. The monoisotopic (exact) mass is 980 g/mol. The number of benzene rings is 3. The van der Waals surface area contributed by atoms with Gasteiger partial charge in [-0.15, -0.1) is 0 Å². The number of allylic oxidation sites excluding steroid dienone is 5. The first-order valence-electron chi connectivity index (χ1n) is 28.0. The lowest BCUT2D eigenvalue weighted by molar-refractivity contribution is -0.448. The van der Waals surface area contributed by atoms with Crippen LogP contribution in [0.15, 0.2) is 108 Å². The molecule has 2 unspecified atom stereocenters. The van der Waals surface area contributed by atoms with Crippen LogP contribution in [-0.4, -0.2) is 46.1 Å². The standard InChI is InChI=1S/C64H90N4O4/c1-13-21-25-45(17-5)43-67(49-33-29-47(30-34-49)27-23-15-3)51-37-39-53(55(41-51)65-61(71)63(9,10)19-7)57-59(69)58(60(57)70)54-40-38-52(42-56(54)66-62(72)64(11,12)20-8)68(44-46(18-6)26-22-14-2)50-35-31-48(32-36-50)28-24-16-4/h29-42,45-46H,13-28,43-44H2,1-12H3,(H2,65,66,69,70,71,72)/p+1. The van der Waals surface area contributed by atoms with Crippen molar-refractivity contribution in [2.75, 3.05) is 23.3 Å². The number of hydrogen-bond donors (Lipinski definition) is 3. The molecule has 0 bridgehead atoms. The van der Waals surface area contributed by atoms with Crippen molar-refractivity contribution in [3.63, 3.8) is 0 Å². The van der Waals surface area contributed by atoms with Gasteiger partial charge in [0.15, 0.2) is 6.54 Å². The normalized spacial score (nSPS) is 16.6. The van der Waals surface area contributed by atoms with E-state index in [9.17, 15) is 19.5 Å². The molecule has 8 heteroatoms. The summed E-state index contributed by atoms with van der Waals surface area (Å²) in [5, 5.41) is 18.8. The minimum atomic E-state index is -0.689. The molecular formula is C64H91N4O4+. The number of hydrogen-bond acceptors (Lipinski definition) is 5. The van der Waals surface area contributed by atoms with Crippen molar-refractivity contribution in [1.29, 1.82) is 0 Å². The Kier molecular flexibility index (Phi) is 21.5. The van der Waals surface area contributed by atoms with Gasteiger partial charge < -0.3 is 20.6 Å². The molecule has 3 aromatic carbocycles. The summed E-state index contributed by atoms with van der Waals surface area (Å²) in [7, 11) is 0. The van der Waals surface area contributed by atoms with Crippen molar-refractivity contribution in [3.05, 3.63) is 124 Å². The minimum absolute atomic E-state index is 0.143. The van der Waals surface area contributed by atoms with E-state index < -0.39 is 10.8 Å². The molecular weight excluding hydrogens is 889 g/mol. The number of unbranched alkanes of at least 4 members (excludes halogenated alkanes) is 4. The van der Waals surface area contributed by atoms with E-state index in [1.54, 1.807) is 0 Å². The van der Waals surface area contributed by atoms with Crippen LogP contribution in [-0.2, 0) is 27.2 Å². The van der Waals surface area contributed by atoms with Gasteiger partial charge in [-0.1, -0.05) is 152 Å². The molecule has 5 rings (SSSR count). The number of anilines is 3. The van der Waals surface area contributed by atoms with Crippen molar-refractivity contribution in [2.45, 2.75) is 186 Å². The van der Waals surface area contributed by atoms with Gasteiger partial charge in [0.1, 0.15) is 5.76 Å². The van der Waals surface area contributed by atoms with Crippen molar-refractivity contribution in [1.82, 2.24) is 5.32 Å². The number of nitrogens with one attached hydrogen (secondary N) is 2. The van der Waals surface area contributed by atoms with Crippen LogP contribution in [0.3, 0.4) is 0 Å². The maximum Gasteiger partial charge on any atom is 0.230 e. The molecule has 0 spiro atoms. The Hall–Kier alpha value is -5.50. The zero-order valence-corrected chi connectivity index (χ0v) is 46.5. The second-order valence-corrected chi connectivity index (χ2v) is 21.9. The summed E-state index contributed by atoms with van der Waals surface area (Å²) in [5.41, 5.74) is 7.32. The predicted octanol–water partition coefficient (Wildman–Crippen LogP) is 16.3. The molecule has 390 valence electrons. The molecule has 0 fully saturated rings. The van der Waals surface area contributed by atoms with Gasteiger partial charge in [0, 0.05) is 70.1 Å². The number of carbonyl (C=O) groups is 3. The maximum atomic E-state index is 14.9. The second-order valence-electron chi connectivity index (χ2n) is 21.9. The fourth-order valence-corrected chi connectivity index (χ4v) is 9.37. The van der Waals surface area contributed by atoms with Crippen molar-refractivity contribution >= 4 is 51.6 Å². The van der Waals surface area contributed by atoms with Crippen LogP contribution in [0.1, 0.15) is 190 Å². The Morgan fingerprint density at radius 2 is 1.17 bits per heavy atom. The molecule has 3 N–H and O–H groups in total. The quantitative estimate of drug-likeness (QED) is 0.0497. The Balaban J connectivity index is 1.70. The number of ketones is 1. The molecule has 0 aliphatic heterocycles. The van der Waals surface area contributed by atoms with Gasteiger partial charge in [0.05, 0.1) is 22.5 Å². The summed E-state index contributed by atoms with van der Waals surface area (Å²) < 4.78 is 2.34. The van der Waals surface area contributed by atoms with Crippen LogP contribution in [0, 0.1) is 22.7 Å². The van der Waals surface area contributed by atoms with Crippen LogP contribution >= 0.6 is 0 Å². The summed E-state index contributed by atoms with van der Waals surface area (Å²) in [6, 6.07) is 23.6. The number of nitrogens with zero attached hydrogens (tertiary/aromatic N) is 2. The summed E-state index contributed by atoms with van der Waals surface area (Å²) in [6.07, 6.45) is 22.6. The number of rotatable bonds is 28. The lowest BCUT2D eigenvalue weighted by Crippen LogP contribution is -2.38. The average Bonchev–Trinajstić information content (AvgIpc) is 3.39. The highest BCUT2D eigenvalue weighted by Crippen LogP contribution is 2.45. The number of aliphatic hydroxyl groups excluding tert-OH is 1. The molecule has 0 heterocycles. The van der Waals surface area contributed by atoms with Gasteiger partial charge in [-0.3, -0.25) is 14.4 Å². The number of carbonyl (C=O) groups excluding carboxylic acids is 3. The third kappa shape index (κ3) is 14.4. The Bertz CT molecular complexity index is 2480. The van der Waals surface area contributed by atoms with Crippen molar-refractivity contribution in [3.8, 4) is 0 Å². The summed E-state index contributed by atoms with van der Waals surface area (Å²) in [4.78, 5) is 45.5. The van der Waals surface area contributed by atoms with E-state index in [4.69, 9.17) is 0 Å². The predicted molar refractivity (Wildman–Crippen MR) is 304 cm³/mol. The van der Waals surface area contributed by atoms with E-state index in [2.05, 4.69) is 110 Å². The summed E-state index contributed by atoms with van der Waals surface area (Å²) in [5.74, 6) is 0.0460. The maximum absolute atomic E-state index is 14.9. The van der Waals surface area contributed by atoms with Gasteiger partial charge in [-0.25, -0.2) is 0 Å². The minimum Gasteiger partial charge on any atom is -0.506 e. The molecule has 3 aromatic rings. The Labute approximate surface area is 435 Å². The first-order chi connectivity index (χ1) is 34.5. The molecule has 2 atom stereocenters. The smallest absolute Gasteiger partial charge is 0.230 e. The van der Waals surface area contributed by atoms with E-state index in [0.29, 0.717) is 47.2 Å². The van der Waals surface area contributed by atoms with Crippen LogP contribution in [0.4, 0.5) is 22.7 Å². The average molecular weight is 980 g/mol. The van der Waals surface area contributed by atoms with Gasteiger partial charge >= 0.3 is 0 Å². The molecule has 2 aliphatic rings. The summed E-state index contributed by atoms with van der Waals surface area (Å²) in [6.45, 7) is 26.7. The third-order valence-electron chi connectivity index (χ3n) is 15.7. The van der Waals surface area contributed by atoms with Gasteiger partial charge in [0.25, 0.3) is 0 Å². The lowest BCUT2D eigenvalue weighted by Gasteiger charge is -2.32. The first-order valence-corrected chi connectivity index (χ1v) is 28.0. The second kappa shape index (κ2) is 27.0. The highest BCUT2D eigenvalue weighted by molar-refractivity contribution is 6.40. The third-order valence-corrected chi connectivity index (χ3v) is 15.7. The SMILES string of the molecule is CCCCc1ccc(N(CC(CC)CCCC)c2ccc(C3=C(O)/C(=C4/C=CC(=[N+](CC(CC)CCCC)c5ccc(CCCC)cc5)C=C4NC(=O)C(C)(C)CC)C3=O)c(NC(=O)C(C)(C)CC)c2)cc1. The van der Waals surface area contributed by atoms with Crippen LogP contribution < -0.4 is 15.5 Å². The van der Waals surface area contributed by atoms with Crippen molar-refractivity contribution in [2.24, 2.45) is 22.7 Å².